The highest BCUT2D eigenvalue weighted by Crippen LogP contribution is 2.41. The van der Waals surface area contributed by atoms with E-state index in [1.807, 2.05) is 17.0 Å². The minimum atomic E-state index is -0.419. The van der Waals surface area contributed by atoms with Gasteiger partial charge in [0.15, 0.2) is 0 Å². The smallest absolute Gasteiger partial charge is 0.246 e. The van der Waals surface area contributed by atoms with E-state index in [2.05, 4.69) is 66.2 Å². The standard InChI is InChI=1S/C29H36N4O2/c1-3-31(4-2)17-10-18-32-20-27(34)33-25(16-15-21-11-6-5-7-12-21)28-23(19-26(33)29(32)35)22-13-8-9-14-24(22)30-28/h5-9,11-14,25-26,30H,3-4,10,15-20H2,1-2H3/t25-,26-/m0/s1. The molecule has 35 heavy (non-hydrogen) atoms. The fourth-order valence-electron chi connectivity index (χ4n) is 5.91. The molecule has 0 unspecified atom stereocenters. The number of fused-ring (bicyclic) bond motifs is 4. The van der Waals surface area contributed by atoms with Crippen molar-refractivity contribution in [1.82, 2.24) is 19.7 Å². The number of nitrogens with zero attached hydrogens (tertiary/aromatic N) is 3. The first-order valence-electron chi connectivity index (χ1n) is 13.1. The van der Waals surface area contributed by atoms with Crippen molar-refractivity contribution in [3.05, 3.63) is 71.4 Å². The normalized spacial score (nSPS) is 20.0. The summed E-state index contributed by atoms with van der Waals surface area (Å²) < 4.78 is 0. The highest BCUT2D eigenvalue weighted by molar-refractivity contribution is 5.97. The number of aryl methyl sites for hydroxylation is 1. The molecule has 0 radical (unpaired) electrons. The molecule has 1 aromatic heterocycles. The molecule has 5 rings (SSSR count). The van der Waals surface area contributed by atoms with Crippen molar-refractivity contribution in [3.63, 3.8) is 0 Å². The van der Waals surface area contributed by atoms with Crippen molar-refractivity contribution < 1.29 is 9.59 Å². The summed E-state index contributed by atoms with van der Waals surface area (Å²) in [4.78, 5) is 37.0. The molecule has 0 spiro atoms. The van der Waals surface area contributed by atoms with Crippen LogP contribution in [0, 0.1) is 0 Å². The van der Waals surface area contributed by atoms with Crippen LogP contribution in [0.2, 0.25) is 0 Å². The third-order valence-electron chi connectivity index (χ3n) is 7.81. The van der Waals surface area contributed by atoms with Crippen molar-refractivity contribution in [2.45, 2.75) is 51.6 Å². The molecule has 2 aliphatic rings. The molecular formula is C29H36N4O2. The van der Waals surface area contributed by atoms with E-state index in [0.29, 0.717) is 13.0 Å². The van der Waals surface area contributed by atoms with E-state index in [1.54, 1.807) is 4.90 Å². The molecule has 2 aromatic carbocycles. The van der Waals surface area contributed by atoms with Crippen LogP contribution in [0.3, 0.4) is 0 Å². The van der Waals surface area contributed by atoms with E-state index in [-0.39, 0.29) is 24.4 Å². The lowest BCUT2D eigenvalue weighted by atomic mass is 9.86. The Morgan fingerprint density at radius 1 is 1.00 bits per heavy atom. The van der Waals surface area contributed by atoms with E-state index in [9.17, 15) is 9.59 Å². The molecular weight excluding hydrogens is 436 g/mol. The van der Waals surface area contributed by atoms with Gasteiger partial charge in [-0.2, -0.15) is 0 Å². The van der Waals surface area contributed by atoms with Gasteiger partial charge >= 0.3 is 0 Å². The fourth-order valence-corrected chi connectivity index (χ4v) is 5.91. The van der Waals surface area contributed by atoms with Crippen LogP contribution in [0.4, 0.5) is 0 Å². The van der Waals surface area contributed by atoms with Gasteiger partial charge in [0.05, 0.1) is 12.6 Å². The number of benzene rings is 2. The lowest BCUT2D eigenvalue weighted by Crippen LogP contribution is -2.63. The number of rotatable bonds is 9. The summed E-state index contributed by atoms with van der Waals surface area (Å²) in [5, 5.41) is 1.17. The van der Waals surface area contributed by atoms with Gasteiger partial charge in [0.1, 0.15) is 6.04 Å². The molecule has 2 atom stereocenters. The number of hydrogen-bond donors (Lipinski definition) is 1. The molecule has 6 heteroatoms. The van der Waals surface area contributed by atoms with Crippen LogP contribution in [0.15, 0.2) is 54.6 Å². The van der Waals surface area contributed by atoms with Gasteiger partial charge in [-0.05, 0) is 56.1 Å². The Morgan fingerprint density at radius 2 is 1.74 bits per heavy atom. The molecule has 1 N–H and O–H groups in total. The fraction of sp³-hybridized carbons (Fsp3) is 0.448. The monoisotopic (exact) mass is 472 g/mol. The molecule has 2 aliphatic heterocycles. The summed E-state index contributed by atoms with van der Waals surface area (Å²) in [6.45, 7) is 8.11. The molecule has 0 saturated carbocycles. The maximum Gasteiger partial charge on any atom is 0.246 e. The van der Waals surface area contributed by atoms with E-state index in [1.165, 1.54) is 16.5 Å². The second-order valence-corrected chi connectivity index (χ2v) is 9.76. The van der Waals surface area contributed by atoms with Crippen LogP contribution >= 0.6 is 0 Å². The number of para-hydroxylation sites is 1. The van der Waals surface area contributed by atoms with Gasteiger partial charge in [-0.3, -0.25) is 9.59 Å². The number of carbonyl (C=O) groups excluding carboxylic acids is 2. The van der Waals surface area contributed by atoms with Crippen LogP contribution in [-0.4, -0.2) is 70.3 Å². The summed E-state index contributed by atoms with van der Waals surface area (Å²) in [6.07, 6.45) is 3.13. The van der Waals surface area contributed by atoms with Gasteiger partial charge in [0, 0.05) is 29.6 Å². The lowest BCUT2D eigenvalue weighted by molar-refractivity contribution is -0.160. The first-order chi connectivity index (χ1) is 17.1. The molecule has 3 aromatic rings. The number of aromatic amines is 1. The molecule has 3 heterocycles. The number of piperazine rings is 1. The largest absolute Gasteiger partial charge is 0.356 e. The maximum atomic E-state index is 13.7. The number of aromatic nitrogens is 1. The summed E-state index contributed by atoms with van der Waals surface area (Å²) in [5.74, 6) is 0.171. The number of H-pyrrole nitrogens is 1. The summed E-state index contributed by atoms with van der Waals surface area (Å²) in [5.41, 5.74) is 4.64. The molecule has 0 aliphatic carbocycles. The van der Waals surface area contributed by atoms with Gasteiger partial charge in [0.2, 0.25) is 11.8 Å². The summed E-state index contributed by atoms with van der Waals surface area (Å²) in [6, 6.07) is 18.2. The Morgan fingerprint density at radius 3 is 2.51 bits per heavy atom. The molecule has 6 nitrogen and oxygen atoms in total. The van der Waals surface area contributed by atoms with E-state index in [0.717, 1.165) is 50.1 Å². The molecule has 1 fully saturated rings. The Hall–Kier alpha value is -3.12. The van der Waals surface area contributed by atoms with Gasteiger partial charge < -0.3 is 19.7 Å². The van der Waals surface area contributed by atoms with E-state index in [4.69, 9.17) is 0 Å². The highest BCUT2D eigenvalue weighted by atomic mass is 16.2. The molecule has 184 valence electrons. The van der Waals surface area contributed by atoms with Gasteiger partial charge in [-0.15, -0.1) is 0 Å². The Labute approximate surface area is 207 Å². The van der Waals surface area contributed by atoms with Crippen LogP contribution < -0.4 is 0 Å². The second kappa shape index (κ2) is 10.2. The zero-order valence-electron chi connectivity index (χ0n) is 20.9. The quantitative estimate of drug-likeness (QED) is 0.509. The van der Waals surface area contributed by atoms with Gasteiger partial charge in [-0.25, -0.2) is 0 Å². The predicted octanol–water partition coefficient (Wildman–Crippen LogP) is 4.17. The van der Waals surface area contributed by atoms with Crippen molar-refractivity contribution in [1.29, 1.82) is 0 Å². The molecule has 1 saturated heterocycles. The molecule has 2 amide bonds. The average Bonchev–Trinajstić information content (AvgIpc) is 3.26. The van der Waals surface area contributed by atoms with Crippen LogP contribution in [0.5, 0.6) is 0 Å². The third-order valence-corrected chi connectivity index (χ3v) is 7.81. The number of amides is 2. The van der Waals surface area contributed by atoms with Gasteiger partial charge in [-0.1, -0.05) is 62.4 Å². The Bertz CT molecular complexity index is 1180. The number of nitrogens with one attached hydrogen (secondary N) is 1. The SMILES string of the molecule is CCN(CC)CCCN1CC(=O)N2[C@@H](Cc3c([nH]c4ccccc34)[C@@H]2CCc2ccccc2)C1=O. The Balaban J connectivity index is 1.42. The summed E-state index contributed by atoms with van der Waals surface area (Å²) >= 11 is 0. The maximum absolute atomic E-state index is 13.7. The number of hydrogen-bond acceptors (Lipinski definition) is 3. The second-order valence-electron chi connectivity index (χ2n) is 9.76. The third kappa shape index (κ3) is 4.59. The first kappa shape index (κ1) is 23.6. The lowest BCUT2D eigenvalue weighted by Gasteiger charge is -2.47. The zero-order chi connectivity index (χ0) is 24.4. The van der Waals surface area contributed by atoms with Crippen molar-refractivity contribution in [2.24, 2.45) is 0 Å². The van der Waals surface area contributed by atoms with Crippen LogP contribution in [0.25, 0.3) is 10.9 Å². The van der Waals surface area contributed by atoms with Crippen LogP contribution in [0.1, 0.15) is 49.6 Å². The highest BCUT2D eigenvalue weighted by Gasteiger charge is 2.47. The van der Waals surface area contributed by atoms with Crippen molar-refractivity contribution in [3.8, 4) is 0 Å². The van der Waals surface area contributed by atoms with E-state index >= 15 is 0 Å². The first-order valence-corrected chi connectivity index (χ1v) is 13.1. The zero-order valence-corrected chi connectivity index (χ0v) is 20.9. The number of carbonyl (C=O) groups is 2. The van der Waals surface area contributed by atoms with Crippen LogP contribution in [-0.2, 0) is 22.4 Å². The van der Waals surface area contributed by atoms with Crippen molar-refractivity contribution >= 4 is 22.7 Å². The predicted molar refractivity (Wildman–Crippen MR) is 139 cm³/mol. The van der Waals surface area contributed by atoms with Gasteiger partial charge in [0.25, 0.3) is 0 Å². The minimum absolute atomic E-state index is 0.0693. The summed E-state index contributed by atoms with van der Waals surface area (Å²) in [7, 11) is 0. The van der Waals surface area contributed by atoms with Crippen molar-refractivity contribution in [2.75, 3.05) is 32.7 Å². The topological polar surface area (TPSA) is 59.6 Å². The Kier molecular flexibility index (Phi) is 6.91. The van der Waals surface area contributed by atoms with E-state index < -0.39 is 6.04 Å². The molecule has 0 bridgehead atoms. The minimum Gasteiger partial charge on any atom is -0.356 e. The average molecular weight is 473 g/mol.